The minimum atomic E-state index is -3.83. The Kier molecular flexibility index (Phi) is 3.88. The Morgan fingerprint density at radius 1 is 1.53 bits per heavy atom. The Balaban J connectivity index is 2.46. The third-order valence-electron chi connectivity index (χ3n) is 2.99. The second-order valence-electron chi connectivity index (χ2n) is 4.31. The van der Waals surface area contributed by atoms with Gasteiger partial charge in [-0.05, 0) is 13.8 Å². The maximum absolute atomic E-state index is 12.6. The van der Waals surface area contributed by atoms with E-state index in [1.165, 1.54) is 11.8 Å². The van der Waals surface area contributed by atoms with Gasteiger partial charge in [0.1, 0.15) is 10.9 Å². The number of aryl methyl sites for hydroxylation is 2. The van der Waals surface area contributed by atoms with Gasteiger partial charge in [0, 0.05) is 18.1 Å². The quantitative estimate of drug-likeness (QED) is 0.828. The standard InChI is InChI=1S/C10H15N3O4S2/c1-6-9(7(2)12-11-6)19(16,17)13-3-4-18-5-8(13)10(14)15/h8H,3-5H2,1-2H3,(H,11,12)(H,14,15). The first-order valence-electron chi connectivity index (χ1n) is 5.69. The van der Waals surface area contributed by atoms with Crippen molar-refractivity contribution >= 4 is 27.8 Å². The predicted octanol–water partition coefficient (Wildman–Crippen LogP) is 0.217. The molecule has 1 aromatic heterocycles. The van der Waals surface area contributed by atoms with E-state index in [1.54, 1.807) is 13.8 Å². The molecule has 1 aliphatic heterocycles. The molecule has 0 amide bonds. The van der Waals surface area contributed by atoms with Gasteiger partial charge in [-0.25, -0.2) is 8.42 Å². The van der Waals surface area contributed by atoms with Crippen LogP contribution in [0, 0.1) is 13.8 Å². The Hall–Kier alpha value is -1.06. The molecule has 19 heavy (non-hydrogen) atoms. The van der Waals surface area contributed by atoms with E-state index < -0.39 is 22.0 Å². The molecule has 2 rings (SSSR count). The number of rotatable bonds is 3. The smallest absolute Gasteiger partial charge is 0.322 e. The molecule has 1 atom stereocenters. The topological polar surface area (TPSA) is 103 Å². The molecule has 0 spiro atoms. The van der Waals surface area contributed by atoms with E-state index in [4.69, 9.17) is 5.11 Å². The number of nitrogens with one attached hydrogen (secondary N) is 1. The number of aromatic amines is 1. The van der Waals surface area contributed by atoms with Crippen LogP contribution in [0.2, 0.25) is 0 Å². The van der Waals surface area contributed by atoms with Crippen molar-refractivity contribution in [2.45, 2.75) is 24.8 Å². The lowest BCUT2D eigenvalue weighted by Gasteiger charge is -2.31. The summed E-state index contributed by atoms with van der Waals surface area (Å²) >= 11 is 1.45. The highest BCUT2D eigenvalue weighted by molar-refractivity contribution is 7.99. The van der Waals surface area contributed by atoms with Crippen molar-refractivity contribution in [2.75, 3.05) is 18.1 Å². The first-order valence-corrected chi connectivity index (χ1v) is 8.29. The number of sulfonamides is 1. The summed E-state index contributed by atoms with van der Waals surface area (Å²) < 4.78 is 26.3. The summed E-state index contributed by atoms with van der Waals surface area (Å²) in [5.41, 5.74) is 0.791. The summed E-state index contributed by atoms with van der Waals surface area (Å²) in [5.74, 6) is -0.252. The highest BCUT2D eigenvalue weighted by Gasteiger charge is 2.39. The average Bonchev–Trinajstić information content (AvgIpc) is 2.69. The van der Waals surface area contributed by atoms with Gasteiger partial charge >= 0.3 is 5.97 Å². The minimum Gasteiger partial charge on any atom is -0.480 e. The fourth-order valence-electron chi connectivity index (χ4n) is 2.11. The maximum atomic E-state index is 12.6. The molecule has 0 aromatic carbocycles. The van der Waals surface area contributed by atoms with E-state index in [9.17, 15) is 13.2 Å². The van der Waals surface area contributed by atoms with Gasteiger partial charge < -0.3 is 5.11 Å². The first kappa shape index (κ1) is 14.4. The fourth-order valence-corrected chi connectivity index (χ4v) is 5.27. The van der Waals surface area contributed by atoms with E-state index >= 15 is 0 Å². The number of hydrogen-bond acceptors (Lipinski definition) is 5. The molecule has 1 aliphatic rings. The van der Waals surface area contributed by atoms with Gasteiger partial charge in [0.25, 0.3) is 0 Å². The van der Waals surface area contributed by atoms with Crippen molar-refractivity contribution in [1.29, 1.82) is 0 Å². The number of aromatic nitrogens is 2. The molecule has 1 aromatic rings. The van der Waals surface area contributed by atoms with E-state index in [0.29, 0.717) is 17.1 Å². The Bertz CT molecular complexity index is 576. The fraction of sp³-hybridized carbons (Fsp3) is 0.600. The van der Waals surface area contributed by atoms with E-state index in [-0.39, 0.29) is 17.2 Å². The van der Waals surface area contributed by atoms with Gasteiger partial charge in [-0.15, -0.1) is 0 Å². The van der Waals surface area contributed by atoms with Crippen LogP contribution < -0.4 is 0 Å². The number of carbonyl (C=O) groups is 1. The van der Waals surface area contributed by atoms with Crippen molar-refractivity contribution in [1.82, 2.24) is 14.5 Å². The number of carboxylic acid groups (broad SMARTS) is 1. The van der Waals surface area contributed by atoms with Crippen molar-refractivity contribution < 1.29 is 18.3 Å². The summed E-state index contributed by atoms with van der Waals surface area (Å²) in [6, 6.07) is -1.02. The van der Waals surface area contributed by atoms with Gasteiger partial charge in [0.05, 0.1) is 11.4 Å². The first-order chi connectivity index (χ1) is 8.85. The molecule has 7 nitrogen and oxygen atoms in total. The summed E-state index contributed by atoms with van der Waals surface area (Å²) in [5, 5.41) is 15.6. The molecular formula is C10H15N3O4S2. The highest BCUT2D eigenvalue weighted by Crippen LogP contribution is 2.27. The SMILES string of the molecule is Cc1n[nH]c(C)c1S(=O)(=O)N1CCSCC1C(=O)O. The molecular weight excluding hydrogens is 290 g/mol. The van der Waals surface area contributed by atoms with Crippen molar-refractivity contribution in [2.24, 2.45) is 0 Å². The van der Waals surface area contributed by atoms with Gasteiger partial charge in [0.15, 0.2) is 0 Å². The predicted molar refractivity (Wildman–Crippen MR) is 70.7 cm³/mol. The van der Waals surface area contributed by atoms with Crippen LogP contribution in [0.4, 0.5) is 0 Å². The van der Waals surface area contributed by atoms with Crippen molar-refractivity contribution in [3.63, 3.8) is 0 Å². The molecule has 2 heterocycles. The van der Waals surface area contributed by atoms with Gasteiger partial charge in [0.2, 0.25) is 10.0 Å². The second kappa shape index (κ2) is 5.14. The molecule has 1 unspecified atom stereocenters. The summed E-state index contributed by atoms with van der Waals surface area (Å²) in [6.45, 7) is 3.40. The molecule has 2 N–H and O–H groups in total. The maximum Gasteiger partial charge on any atom is 0.322 e. The van der Waals surface area contributed by atoms with Crippen LogP contribution >= 0.6 is 11.8 Å². The Morgan fingerprint density at radius 2 is 2.21 bits per heavy atom. The van der Waals surface area contributed by atoms with Gasteiger partial charge in [-0.1, -0.05) is 0 Å². The lowest BCUT2D eigenvalue weighted by Crippen LogP contribution is -2.50. The summed E-state index contributed by atoms with van der Waals surface area (Å²) in [4.78, 5) is 11.3. The third-order valence-corrected chi connectivity index (χ3v) is 6.19. The largest absolute Gasteiger partial charge is 0.480 e. The monoisotopic (exact) mass is 305 g/mol. The molecule has 106 valence electrons. The van der Waals surface area contributed by atoms with Crippen LogP contribution in [0.1, 0.15) is 11.4 Å². The molecule has 9 heteroatoms. The number of carboxylic acids is 1. The normalized spacial score (nSPS) is 21.5. The van der Waals surface area contributed by atoms with Crippen LogP contribution in [0.15, 0.2) is 4.90 Å². The molecule has 1 saturated heterocycles. The van der Waals surface area contributed by atoms with Crippen LogP contribution in [-0.2, 0) is 14.8 Å². The Labute approximate surface area is 115 Å². The average molecular weight is 305 g/mol. The number of nitrogens with zero attached hydrogens (tertiary/aromatic N) is 2. The molecule has 0 radical (unpaired) electrons. The minimum absolute atomic E-state index is 0.0886. The Morgan fingerprint density at radius 3 is 2.74 bits per heavy atom. The van der Waals surface area contributed by atoms with Crippen LogP contribution in [0.5, 0.6) is 0 Å². The van der Waals surface area contributed by atoms with E-state index in [2.05, 4.69) is 10.2 Å². The second-order valence-corrected chi connectivity index (χ2v) is 7.29. The van der Waals surface area contributed by atoms with Crippen LogP contribution in [0.25, 0.3) is 0 Å². The summed E-state index contributed by atoms with van der Waals surface area (Å²) in [7, 11) is -3.83. The number of hydrogen-bond donors (Lipinski definition) is 2. The lowest BCUT2D eigenvalue weighted by atomic mass is 10.3. The number of thioether (sulfide) groups is 1. The van der Waals surface area contributed by atoms with E-state index in [0.717, 1.165) is 4.31 Å². The van der Waals surface area contributed by atoms with Crippen molar-refractivity contribution in [3.8, 4) is 0 Å². The zero-order valence-corrected chi connectivity index (χ0v) is 12.2. The molecule has 1 fully saturated rings. The van der Waals surface area contributed by atoms with Crippen LogP contribution in [-0.4, -0.2) is 58.1 Å². The van der Waals surface area contributed by atoms with Crippen molar-refractivity contribution in [3.05, 3.63) is 11.4 Å². The lowest BCUT2D eigenvalue weighted by molar-refractivity contribution is -0.140. The molecule has 0 saturated carbocycles. The highest BCUT2D eigenvalue weighted by atomic mass is 32.2. The van der Waals surface area contributed by atoms with Crippen LogP contribution in [0.3, 0.4) is 0 Å². The number of H-pyrrole nitrogens is 1. The van der Waals surface area contributed by atoms with Gasteiger partial charge in [-0.3, -0.25) is 9.89 Å². The van der Waals surface area contributed by atoms with E-state index in [1.807, 2.05) is 0 Å². The van der Waals surface area contributed by atoms with Gasteiger partial charge in [-0.2, -0.15) is 21.2 Å². The molecule has 0 bridgehead atoms. The zero-order chi connectivity index (χ0) is 14.2. The number of aliphatic carboxylic acids is 1. The zero-order valence-electron chi connectivity index (χ0n) is 10.6. The third kappa shape index (κ3) is 2.49. The molecule has 0 aliphatic carbocycles. The summed E-state index contributed by atoms with van der Waals surface area (Å²) in [6.07, 6.45) is 0.